The van der Waals surface area contributed by atoms with Crippen molar-refractivity contribution in [2.24, 2.45) is 0 Å². The topological polar surface area (TPSA) is 50.8 Å². The van der Waals surface area contributed by atoms with Gasteiger partial charge in [0.15, 0.2) is 5.11 Å². The second-order valence-corrected chi connectivity index (χ2v) is 5.83. The second-order valence-electron chi connectivity index (χ2n) is 5.45. The van der Waals surface area contributed by atoms with Crippen LogP contribution in [0.2, 0.25) is 0 Å². The number of anilines is 1. The largest absolute Gasteiger partial charge is 0.573 e. The highest BCUT2D eigenvalue weighted by atomic mass is 32.1. The van der Waals surface area contributed by atoms with Crippen molar-refractivity contribution < 1.29 is 27.4 Å². The van der Waals surface area contributed by atoms with E-state index in [1.165, 1.54) is 24.1 Å². The number of rotatable bonds is 4. The molecule has 0 saturated carbocycles. The fraction of sp³-hybridized carbons (Fsp3) is 0.111. The maximum Gasteiger partial charge on any atom is 0.573 e. The van der Waals surface area contributed by atoms with Gasteiger partial charge in [-0.2, -0.15) is 0 Å². The van der Waals surface area contributed by atoms with E-state index >= 15 is 0 Å². The summed E-state index contributed by atoms with van der Waals surface area (Å²) in [6.45, 7) is 0. The number of alkyl halides is 3. The SMILES string of the molecule is COc1cccc(/C=C2\NC(=S)N(c3ccc(OC(F)(F)F)cc3)C2=O)c1. The zero-order chi connectivity index (χ0) is 19.6. The molecular weight excluding hydrogens is 381 g/mol. The van der Waals surface area contributed by atoms with Crippen LogP contribution in [0.4, 0.5) is 18.9 Å². The Hall–Kier alpha value is -3.07. The third kappa shape index (κ3) is 4.37. The molecule has 0 spiro atoms. The molecule has 1 fully saturated rings. The minimum Gasteiger partial charge on any atom is -0.497 e. The van der Waals surface area contributed by atoms with Gasteiger partial charge in [-0.1, -0.05) is 12.1 Å². The van der Waals surface area contributed by atoms with Gasteiger partial charge in [0.1, 0.15) is 17.2 Å². The number of benzene rings is 2. The molecule has 0 aliphatic carbocycles. The van der Waals surface area contributed by atoms with Gasteiger partial charge in [0.2, 0.25) is 0 Å². The van der Waals surface area contributed by atoms with Crippen LogP contribution in [-0.4, -0.2) is 24.5 Å². The summed E-state index contributed by atoms with van der Waals surface area (Å²) >= 11 is 5.18. The predicted octanol–water partition coefficient (Wildman–Crippen LogP) is 3.86. The summed E-state index contributed by atoms with van der Waals surface area (Å²) in [5.41, 5.74) is 1.29. The summed E-state index contributed by atoms with van der Waals surface area (Å²) in [5, 5.41) is 2.93. The van der Waals surface area contributed by atoms with Crippen molar-refractivity contribution in [3.8, 4) is 11.5 Å². The van der Waals surface area contributed by atoms with Gasteiger partial charge in [-0.25, -0.2) is 0 Å². The number of carbonyl (C=O) groups excluding carboxylic acids is 1. The maximum absolute atomic E-state index is 12.7. The molecule has 1 N–H and O–H groups in total. The fourth-order valence-electron chi connectivity index (χ4n) is 2.46. The molecule has 1 aliphatic rings. The Morgan fingerprint density at radius 2 is 1.81 bits per heavy atom. The van der Waals surface area contributed by atoms with Crippen LogP contribution in [0.1, 0.15) is 5.56 Å². The molecule has 9 heteroatoms. The van der Waals surface area contributed by atoms with E-state index in [-0.39, 0.29) is 16.6 Å². The molecule has 1 aliphatic heterocycles. The van der Waals surface area contributed by atoms with Gasteiger partial charge in [-0.3, -0.25) is 9.69 Å². The monoisotopic (exact) mass is 394 g/mol. The van der Waals surface area contributed by atoms with E-state index < -0.39 is 12.3 Å². The molecule has 0 atom stereocenters. The van der Waals surface area contributed by atoms with Gasteiger partial charge >= 0.3 is 6.36 Å². The quantitative estimate of drug-likeness (QED) is 0.631. The van der Waals surface area contributed by atoms with E-state index in [0.717, 1.165) is 17.7 Å². The number of nitrogens with zero attached hydrogens (tertiary/aromatic N) is 1. The lowest BCUT2D eigenvalue weighted by Crippen LogP contribution is -2.30. The standard InChI is InChI=1S/C18H13F3N2O3S/c1-25-14-4-2-3-11(9-14)10-15-16(24)23(17(27)22-15)12-5-7-13(8-6-12)26-18(19,20)21/h2-10H,1H3,(H,22,27)/b15-10-. The number of ether oxygens (including phenoxy) is 2. The first-order valence-corrected chi connectivity index (χ1v) is 8.04. The van der Waals surface area contributed by atoms with Gasteiger partial charge < -0.3 is 14.8 Å². The van der Waals surface area contributed by atoms with Gasteiger partial charge in [-0.15, -0.1) is 13.2 Å². The molecular formula is C18H13F3N2O3S. The molecule has 1 heterocycles. The number of amides is 1. The average Bonchev–Trinajstić information content (AvgIpc) is 2.88. The molecule has 2 aromatic rings. The van der Waals surface area contributed by atoms with Crippen LogP contribution < -0.4 is 19.7 Å². The zero-order valence-corrected chi connectivity index (χ0v) is 14.7. The number of thiocarbonyl (C=S) groups is 1. The first-order chi connectivity index (χ1) is 12.8. The molecule has 0 aromatic heterocycles. The Morgan fingerprint density at radius 3 is 2.44 bits per heavy atom. The number of halogens is 3. The number of carbonyl (C=O) groups is 1. The van der Waals surface area contributed by atoms with Gasteiger partial charge in [-0.05, 0) is 60.3 Å². The van der Waals surface area contributed by atoms with Gasteiger partial charge in [0.25, 0.3) is 5.91 Å². The first kappa shape index (κ1) is 18.7. The van der Waals surface area contributed by atoms with E-state index in [1.807, 2.05) is 0 Å². The Kier molecular flexibility index (Phi) is 5.04. The summed E-state index contributed by atoms with van der Waals surface area (Å²) in [4.78, 5) is 13.8. The number of hydrogen-bond acceptors (Lipinski definition) is 4. The normalized spacial score (nSPS) is 15.9. The molecule has 3 rings (SSSR count). The van der Waals surface area contributed by atoms with E-state index in [0.29, 0.717) is 11.4 Å². The molecule has 2 aromatic carbocycles. The third-order valence-corrected chi connectivity index (χ3v) is 3.90. The second kappa shape index (κ2) is 7.28. The highest BCUT2D eigenvalue weighted by Crippen LogP contribution is 2.28. The highest BCUT2D eigenvalue weighted by Gasteiger charge is 2.33. The van der Waals surface area contributed by atoms with Crippen LogP contribution in [0.3, 0.4) is 0 Å². The number of methoxy groups -OCH3 is 1. The molecule has 1 amide bonds. The molecule has 27 heavy (non-hydrogen) atoms. The Morgan fingerprint density at radius 1 is 1.11 bits per heavy atom. The van der Waals surface area contributed by atoms with Crippen molar-refractivity contribution in [1.82, 2.24) is 5.32 Å². The van der Waals surface area contributed by atoms with E-state index in [4.69, 9.17) is 17.0 Å². The molecule has 5 nitrogen and oxygen atoms in total. The van der Waals surface area contributed by atoms with Gasteiger partial charge in [0.05, 0.1) is 12.8 Å². The Bertz CT molecular complexity index is 911. The van der Waals surface area contributed by atoms with Crippen molar-refractivity contribution in [3.63, 3.8) is 0 Å². The molecule has 0 radical (unpaired) electrons. The van der Waals surface area contributed by atoms with Crippen molar-refractivity contribution in [1.29, 1.82) is 0 Å². The zero-order valence-electron chi connectivity index (χ0n) is 13.9. The first-order valence-electron chi connectivity index (χ1n) is 7.64. The van der Waals surface area contributed by atoms with Crippen molar-refractivity contribution in [3.05, 3.63) is 59.8 Å². The maximum atomic E-state index is 12.7. The average molecular weight is 394 g/mol. The minimum atomic E-state index is -4.78. The lowest BCUT2D eigenvalue weighted by Gasteiger charge is -2.15. The van der Waals surface area contributed by atoms with Crippen molar-refractivity contribution in [2.45, 2.75) is 6.36 Å². The molecule has 1 saturated heterocycles. The summed E-state index contributed by atoms with van der Waals surface area (Å²) in [7, 11) is 1.54. The smallest absolute Gasteiger partial charge is 0.497 e. The van der Waals surface area contributed by atoms with E-state index in [9.17, 15) is 18.0 Å². The summed E-state index contributed by atoms with van der Waals surface area (Å²) in [6, 6.07) is 12.0. The van der Waals surface area contributed by atoms with Crippen LogP contribution in [0, 0.1) is 0 Å². The summed E-state index contributed by atoms with van der Waals surface area (Å²) in [6.07, 6.45) is -3.17. The van der Waals surface area contributed by atoms with E-state index in [1.54, 1.807) is 30.3 Å². The van der Waals surface area contributed by atoms with Gasteiger partial charge in [0, 0.05) is 0 Å². The minimum absolute atomic E-state index is 0.124. The summed E-state index contributed by atoms with van der Waals surface area (Å²) < 4.78 is 45.7. The van der Waals surface area contributed by atoms with Crippen LogP contribution >= 0.6 is 12.2 Å². The van der Waals surface area contributed by atoms with Crippen molar-refractivity contribution in [2.75, 3.05) is 12.0 Å². The molecule has 0 bridgehead atoms. The van der Waals surface area contributed by atoms with Crippen LogP contribution in [0.25, 0.3) is 6.08 Å². The third-order valence-electron chi connectivity index (χ3n) is 3.61. The lowest BCUT2D eigenvalue weighted by molar-refractivity contribution is -0.274. The molecule has 0 unspecified atom stereocenters. The lowest BCUT2D eigenvalue weighted by atomic mass is 10.2. The number of hydrogen-bond donors (Lipinski definition) is 1. The van der Waals surface area contributed by atoms with Crippen LogP contribution in [-0.2, 0) is 4.79 Å². The molecule has 140 valence electrons. The Balaban J connectivity index is 1.82. The fourth-order valence-corrected chi connectivity index (χ4v) is 2.76. The van der Waals surface area contributed by atoms with E-state index in [2.05, 4.69) is 10.1 Å². The summed E-state index contributed by atoms with van der Waals surface area (Å²) in [5.74, 6) is -0.175. The predicted molar refractivity (Wildman–Crippen MR) is 97.3 cm³/mol. The van der Waals surface area contributed by atoms with Crippen LogP contribution in [0.15, 0.2) is 54.2 Å². The number of nitrogens with one attached hydrogen (secondary N) is 1. The van der Waals surface area contributed by atoms with Crippen molar-refractivity contribution >= 4 is 35.0 Å². The highest BCUT2D eigenvalue weighted by molar-refractivity contribution is 7.80. The Labute approximate surface area is 158 Å². The van der Waals surface area contributed by atoms with Crippen LogP contribution in [0.5, 0.6) is 11.5 Å².